The van der Waals surface area contributed by atoms with Crippen molar-refractivity contribution in [1.82, 2.24) is 9.97 Å². The number of fused-ring (bicyclic) bond motifs is 1. The molecular formula is C22H20ClN3OS. The van der Waals surface area contributed by atoms with Crippen LogP contribution in [0.5, 0.6) is 0 Å². The van der Waals surface area contributed by atoms with Gasteiger partial charge >= 0.3 is 0 Å². The van der Waals surface area contributed by atoms with Crippen molar-refractivity contribution >= 4 is 38.8 Å². The highest BCUT2D eigenvalue weighted by Crippen LogP contribution is 2.34. The van der Waals surface area contributed by atoms with Crippen molar-refractivity contribution in [3.05, 3.63) is 80.7 Å². The van der Waals surface area contributed by atoms with Crippen LogP contribution in [-0.4, -0.2) is 9.97 Å². The highest BCUT2D eigenvalue weighted by Gasteiger charge is 2.14. The van der Waals surface area contributed by atoms with Gasteiger partial charge in [-0.25, -0.2) is 4.98 Å². The van der Waals surface area contributed by atoms with E-state index >= 15 is 0 Å². The summed E-state index contributed by atoms with van der Waals surface area (Å²) in [5.41, 5.74) is 3.86. The van der Waals surface area contributed by atoms with Gasteiger partial charge in [0, 0.05) is 27.2 Å². The Labute approximate surface area is 172 Å². The third-order valence-electron chi connectivity index (χ3n) is 4.61. The van der Waals surface area contributed by atoms with E-state index < -0.39 is 0 Å². The zero-order chi connectivity index (χ0) is 19.5. The Balaban J connectivity index is 1.58. The van der Waals surface area contributed by atoms with Gasteiger partial charge in [-0.1, -0.05) is 55.3 Å². The molecule has 0 aliphatic heterocycles. The molecule has 0 saturated heterocycles. The number of nitrogens with one attached hydrogen (secondary N) is 2. The largest absolute Gasteiger partial charge is 0.378 e. The summed E-state index contributed by atoms with van der Waals surface area (Å²) in [7, 11) is 0. The van der Waals surface area contributed by atoms with Crippen LogP contribution in [-0.2, 0) is 13.0 Å². The summed E-state index contributed by atoms with van der Waals surface area (Å²) in [6, 6.07) is 15.9. The zero-order valence-electron chi connectivity index (χ0n) is 15.5. The van der Waals surface area contributed by atoms with Crippen LogP contribution < -0.4 is 10.9 Å². The Morgan fingerprint density at radius 3 is 2.64 bits per heavy atom. The lowest BCUT2D eigenvalue weighted by Gasteiger charge is -2.07. The van der Waals surface area contributed by atoms with E-state index in [1.165, 1.54) is 16.9 Å². The highest BCUT2D eigenvalue weighted by molar-refractivity contribution is 7.17. The van der Waals surface area contributed by atoms with E-state index in [0.717, 1.165) is 29.7 Å². The van der Waals surface area contributed by atoms with E-state index in [0.29, 0.717) is 27.6 Å². The number of thiophene rings is 1. The number of aromatic amines is 1. The minimum absolute atomic E-state index is 0.142. The molecule has 0 aliphatic carbocycles. The summed E-state index contributed by atoms with van der Waals surface area (Å²) in [4.78, 5) is 21.0. The Bertz CT molecular complexity index is 1160. The predicted octanol–water partition coefficient (Wildman–Crippen LogP) is 5.87. The SMILES string of the molecule is CCCc1ccc(NCc2nc3scc(-c4ccccc4Cl)c3c(=O)[nH]2)cc1. The van der Waals surface area contributed by atoms with Crippen LogP contribution in [0.3, 0.4) is 0 Å². The Morgan fingerprint density at radius 2 is 1.89 bits per heavy atom. The van der Waals surface area contributed by atoms with Crippen molar-refractivity contribution in [2.24, 2.45) is 0 Å². The fourth-order valence-corrected chi connectivity index (χ4v) is 4.41. The lowest BCUT2D eigenvalue weighted by Crippen LogP contribution is -2.14. The standard InChI is InChI=1S/C22H20ClN3OS/c1-2-5-14-8-10-15(11-9-14)24-12-19-25-21(27)20-17(13-28-22(20)26-19)16-6-3-4-7-18(16)23/h3-4,6-11,13,24H,2,5,12H2,1H3,(H,25,26,27). The number of aromatic nitrogens is 2. The number of hydrogen-bond acceptors (Lipinski definition) is 4. The summed E-state index contributed by atoms with van der Waals surface area (Å²) in [6.07, 6.45) is 2.22. The maximum Gasteiger partial charge on any atom is 0.260 e. The van der Waals surface area contributed by atoms with Crippen molar-refractivity contribution in [1.29, 1.82) is 0 Å². The van der Waals surface area contributed by atoms with Crippen molar-refractivity contribution in [2.45, 2.75) is 26.3 Å². The first-order chi connectivity index (χ1) is 13.7. The Morgan fingerprint density at radius 1 is 1.11 bits per heavy atom. The molecule has 2 aromatic carbocycles. The van der Waals surface area contributed by atoms with Crippen LogP contribution in [0.2, 0.25) is 5.02 Å². The van der Waals surface area contributed by atoms with Gasteiger partial charge in [0.05, 0.1) is 11.9 Å². The fourth-order valence-electron chi connectivity index (χ4n) is 3.22. The molecule has 2 N–H and O–H groups in total. The van der Waals surface area contributed by atoms with Gasteiger partial charge in [0.25, 0.3) is 5.56 Å². The average Bonchev–Trinajstić information content (AvgIpc) is 3.12. The molecule has 2 aromatic heterocycles. The molecular weight excluding hydrogens is 390 g/mol. The maximum absolute atomic E-state index is 12.7. The monoisotopic (exact) mass is 409 g/mol. The minimum Gasteiger partial charge on any atom is -0.378 e. The third-order valence-corrected chi connectivity index (χ3v) is 5.81. The Hall–Kier alpha value is -2.63. The van der Waals surface area contributed by atoms with Crippen molar-refractivity contribution < 1.29 is 0 Å². The van der Waals surface area contributed by atoms with E-state index in [1.54, 1.807) is 0 Å². The van der Waals surface area contributed by atoms with Crippen molar-refractivity contribution in [3.8, 4) is 11.1 Å². The van der Waals surface area contributed by atoms with Crippen LogP contribution >= 0.6 is 22.9 Å². The van der Waals surface area contributed by atoms with Gasteiger partial charge < -0.3 is 10.3 Å². The first-order valence-corrected chi connectivity index (χ1v) is 10.5. The molecule has 0 radical (unpaired) electrons. The van der Waals surface area contributed by atoms with Gasteiger partial charge in [0.1, 0.15) is 10.7 Å². The van der Waals surface area contributed by atoms with Crippen LogP contribution in [0.4, 0.5) is 5.69 Å². The van der Waals surface area contributed by atoms with E-state index in [1.807, 2.05) is 29.6 Å². The van der Waals surface area contributed by atoms with E-state index in [4.69, 9.17) is 11.6 Å². The number of rotatable bonds is 6. The second-order valence-corrected chi connectivity index (χ2v) is 7.89. The molecule has 0 bridgehead atoms. The quantitative estimate of drug-likeness (QED) is 0.418. The molecule has 0 saturated carbocycles. The molecule has 28 heavy (non-hydrogen) atoms. The maximum atomic E-state index is 12.7. The van der Waals surface area contributed by atoms with Gasteiger partial charge in [-0.15, -0.1) is 11.3 Å². The zero-order valence-corrected chi connectivity index (χ0v) is 17.0. The average molecular weight is 410 g/mol. The molecule has 4 rings (SSSR count). The van der Waals surface area contributed by atoms with Crippen LogP contribution in [0.1, 0.15) is 24.7 Å². The molecule has 0 atom stereocenters. The molecule has 0 spiro atoms. The first-order valence-electron chi connectivity index (χ1n) is 9.24. The number of nitrogens with zero attached hydrogens (tertiary/aromatic N) is 1. The molecule has 4 aromatic rings. The van der Waals surface area contributed by atoms with Gasteiger partial charge in [-0.05, 0) is 30.2 Å². The normalized spacial score (nSPS) is 11.1. The van der Waals surface area contributed by atoms with Gasteiger partial charge in [0.2, 0.25) is 0 Å². The fraction of sp³-hybridized carbons (Fsp3) is 0.182. The molecule has 6 heteroatoms. The summed E-state index contributed by atoms with van der Waals surface area (Å²) in [5.74, 6) is 0.614. The van der Waals surface area contributed by atoms with Crippen molar-refractivity contribution in [3.63, 3.8) is 0 Å². The van der Waals surface area contributed by atoms with Crippen LogP contribution in [0.25, 0.3) is 21.3 Å². The summed E-state index contributed by atoms with van der Waals surface area (Å²) in [6.45, 7) is 2.63. The Kier molecular flexibility index (Phi) is 5.46. The molecule has 4 nitrogen and oxygen atoms in total. The number of H-pyrrole nitrogens is 1. The lowest BCUT2D eigenvalue weighted by molar-refractivity contribution is 0.921. The first kappa shape index (κ1) is 18.7. The lowest BCUT2D eigenvalue weighted by atomic mass is 10.1. The van der Waals surface area contributed by atoms with Gasteiger partial charge in [-0.3, -0.25) is 4.79 Å². The molecule has 2 heterocycles. The second kappa shape index (κ2) is 8.17. The summed E-state index contributed by atoms with van der Waals surface area (Å²) >= 11 is 7.77. The van der Waals surface area contributed by atoms with Crippen molar-refractivity contribution in [2.75, 3.05) is 5.32 Å². The third kappa shape index (κ3) is 3.81. The number of anilines is 1. The molecule has 0 amide bonds. The number of hydrogen-bond donors (Lipinski definition) is 2. The van der Waals surface area contributed by atoms with Gasteiger partial charge in [0.15, 0.2) is 0 Å². The smallest absolute Gasteiger partial charge is 0.260 e. The van der Waals surface area contributed by atoms with E-state index in [-0.39, 0.29) is 5.56 Å². The van der Waals surface area contributed by atoms with Crippen LogP contribution in [0.15, 0.2) is 58.7 Å². The van der Waals surface area contributed by atoms with Gasteiger partial charge in [-0.2, -0.15) is 0 Å². The molecule has 142 valence electrons. The van der Waals surface area contributed by atoms with Crippen LogP contribution in [0, 0.1) is 0 Å². The highest BCUT2D eigenvalue weighted by atomic mass is 35.5. The summed E-state index contributed by atoms with van der Waals surface area (Å²) in [5, 5.41) is 6.48. The topological polar surface area (TPSA) is 57.8 Å². The molecule has 0 fully saturated rings. The molecule has 0 aliphatic rings. The number of halogens is 1. The van der Waals surface area contributed by atoms with E-state index in [9.17, 15) is 4.79 Å². The summed E-state index contributed by atoms with van der Waals surface area (Å²) < 4.78 is 0. The second-order valence-electron chi connectivity index (χ2n) is 6.62. The molecule has 0 unspecified atom stereocenters. The van der Waals surface area contributed by atoms with E-state index in [2.05, 4.69) is 46.5 Å². The minimum atomic E-state index is -0.142. The number of aryl methyl sites for hydroxylation is 1. The predicted molar refractivity (Wildman–Crippen MR) is 118 cm³/mol. The number of benzene rings is 2.